The molecule has 0 fully saturated rings. The van der Waals surface area contributed by atoms with Crippen molar-refractivity contribution >= 4 is 11.6 Å². The summed E-state index contributed by atoms with van der Waals surface area (Å²) in [6.07, 6.45) is -1.97. The van der Waals surface area contributed by atoms with Gasteiger partial charge in [-0.1, -0.05) is 30.3 Å². The summed E-state index contributed by atoms with van der Waals surface area (Å²) in [5.41, 5.74) is 6.22. The Balaban J connectivity index is 2.13. The van der Waals surface area contributed by atoms with Gasteiger partial charge in [0.2, 0.25) is 5.91 Å². The third-order valence-electron chi connectivity index (χ3n) is 2.70. The van der Waals surface area contributed by atoms with E-state index >= 15 is 0 Å². The minimum absolute atomic E-state index is 0.284. The van der Waals surface area contributed by atoms with Crippen LogP contribution in [0.2, 0.25) is 0 Å². The summed E-state index contributed by atoms with van der Waals surface area (Å²) in [5.74, 6) is -0.634. The lowest BCUT2D eigenvalue weighted by Gasteiger charge is -2.15. The summed E-state index contributed by atoms with van der Waals surface area (Å²) in [5, 5.41) is 6.37. The number of benzene rings is 1. The molecule has 0 aliphatic heterocycles. The quantitative estimate of drug-likeness (QED) is 0.887. The van der Waals surface area contributed by atoms with Gasteiger partial charge in [0.05, 0.1) is 11.9 Å². The van der Waals surface area contributed by atoms with Gasteiger partial charge >= 0.3 is 6.18 Å². The number of hydrogen-bond donors (Lipinski definition) is 2. The monoisotopic (exact) mass is 298 g/mol. The number of rotatable bonds is 5. The Kier molecular flexibility index (Phi) is 4.15. The number of halogens is 3. The third kappa shape index (κ3) is 4.23. The lowest BCUT2D eigenvalue weighted by molar-refractivity contribution is -0.142. The van der Waals surface area contributed by atoms with E-state index in [9.17, 15) is 18.0 Å². The van der Waals surface area contributed by atoms with E-state index in [1.165, 1.54) is 12.4 Å². The predicted molar refractivity (Wildman–Crippen MR) is 70.3 cm³/mol. The Bertz CT molecular complexity index is 609. The first-order chi connectivity index (χ1) is 9.85. The number of carbonyl (C=O) groups is 1. The van der Waals surface area contributed by atoms with Gasteiger partial charge in [0.1, 0.15) is 12.6 Å². The average Bonchev–Trinajstić information content (AvgIpc) is 2.81. The van der Waals surface area contributed by atoms with Crippen molar-refractivity contribution in [2.24, 2.45) is 5.73 Å². The number of nitrogens with one attached hydrogen (secondary N) is 1. The first kappa shape index (κ1) is 14.9. The van der Waals surface area contributed by atoms with Crippen LogP contribution in [0, 0.1) is 0 Å². The topological polar surface area (TPSA) is 72.9 Å². The molecule has 0 saturated carbocycles. The summed E-state index contributed by atoms with van der Waals surface area (Å²) in [6.45, 7) is -1.19. The van der Waals surface area contributed by atoms with Gasteiger partial charge in [0.15, 0.2) is 0 Å². The highest BCUT2D eigenvalue weighted by molar-refractivity contribution is 5.84. The Morgan fingerprint density at radius 1 is 1.33 bits per heavy atom. The molecule has 0 spiro atoms. The average molecular weight is 298 g/mol. The first-order valence-electron chi connectivity index (χ1n) is 6.05. The molecule has 1 heterocycles. The number of hydrogen-bond acceptors (Lipinski definition) is 3. The van der Waals surface area contributed by atoms with Crippen LogP contribution in [0.1, 0.15) is 11.6 Å². The van der Waals surface area contributed by atoms with Crippen molar-refractivity contribution in [2.75, 3.05) is 5.32 Å². The molecular formula is C13H13F3N4O. The number of primary amides is 1. The summed E-state index contributed by atoms with van der Waals surface area (Å²) < 4.78 is 37.5. The maximum Gasteiger partial charge on any atom is 0.408 e. The van der Waals surface area contributed by atoms with E-state index < -0.39 is 24.7 Å². The van der Waals surface area contributed by atoms with Gasteiger partial charge in [-0.3, -0.25) is 9.48 Å². The third-order valence-corrected chi connectivity index (χ3v) is 2.70. The van der Waals surface area contributed by atoms with Crippen LogP contribution in [0.4, 0.5) is 18.9 Å². The number of nitrogens with two attached hydrogens (primary N) is 1. The fourth-order valence-electron chi connectivity index (χ4n) is 1.84. The van der Waals surface area contributed by atoms with Gasteiger partial charge in [-0.25, -0.2) is 0 Å². The molecule has 3 N–H and O–H groups in total. The van der Waals surface area contributed by atoms with Crippen molar-refractivity contribution in [3.8, 4) is 0 Å². The molecule has 2 aromatic rings. The highest BCUT2D eigenvalue weighted by Gasteiger charge is 2.28. The van der Waals surface area contributed by atoms with Gasteiger partial charge < -0.3 is 11.1 Å². The lowest BCUT2D eigenvalue weighted by atomic mass is 10.1. The molecule has 112 valence electrons. The summed E-state index contributed by atoms with van der Waals surface area (Å²) in [6, 6.07) is 7.81. The molecule has 8 heteroatoms. The fraction of sp³-hybridized carbons (Fsp3) is 0.231. The van der Waals surface area contributed by atoms with Gasteiger partial charge in [-0.15, -0.1) is 0 Å². The molecule has 2 rings (SSSR count). The van der Waals surface area contributed by atoms with Crippen LogP contribution >= 0.6 is 0 Å². The Hall–Kier alpha value is -2.51. The molecule has 5 nitrogen and oxygen atoms in total. The Labute approximate surface area is 118 Å². The van der Waals surface area contributed by atoms with Crippen LogP contribution in [0.25, 0.3) is 0 Å². The number of anilines is 1. The Morgan fingerprint density at radius 2 is 2.00 bits per heavy atom. The molecule has 1 aromatic carbocycles. The number of nitrogens with zero attached hydrogens (tertiary/aromatic N) is 2. The zero-order valence-electron chi connectivity index (χ0n) is 10.8. The number of amides is 1. The minimum Gasteiger partial charge on any atom is -0.368 e. The number of alkyl halides is 3. The van der Waals surface area contributed by atoms with Crippen LogP contribution < -0.4 is 11.1 Å². The molecule has 1 aromatic heterocycles. The minimum atomic E-state index is -4.36. The molecule has 21 heavy (non-hydrogen) atoms. The van der Waals surface area contributed by atoms with E-state index in [-0.39, 0.29) is 5.69 Å². The van der Waals surface area contributed by atoms with E-state index in [0.717, 1.165) is 4.68 Å². The van der Waals surface area contributed by atoms with Crippen LogP contribution in [-0.4, -0.2) is 21.9 Å². The second kappa shape index (κ2) is 5.86. The number of carbonyl (C=O) groups excluding carboxylic acids is 1. The molecule has 0 saturated heterocycles. The largest absolute Gasteiger partial charge is 0.408 e. The van der Waals surface area contributed by atoms with Crippen LogP contribution in [0.15, 0.2) is 42.7 Å². The Morgan fingerprint density at radius 3 is 2.57 bits per heavy atom. The smallest absolute Gasteiger partial charge is 0.368 e. The SMILES string of the molecule is NC(=O)[C@H](Nc1cnn(CC(F)(F)F)c1)c1ccccc1. The molecule has 0 unspecified atom stereocenters. The van der Waals surface area contributed by atoms with E-state index in [4.69, 9.17) is 5.73 Å². The highest BCUT2D eigenvalue weighted by atomic mass is 19.4. The van der Waals surface area contributed by atoms with Crippen LogP contribution in [-0.2, 0) is 11.3 Å². The van der Waals surface area contributed by atoms with Crippen molar-refractivity contribution < 1.29 is 18.0 Å². The molecule has 1 atom stereocenters. The lowest BCUT2D eigenvalue weighted by Crippen LogP contribution is -2.27. The van der Waals surface area contributed by atoms with Crippen molar-refractivity contribution in [2.45, 2.75) is 18.8 Å². The first-order valence-corrected chi connectivity index (χ1v) is 6.05. The zero-order valence-corrected chi connectivity index (χ0v) is 10.8. The highest BCUT2D eigenvalue weighted by Crippen LogP contribution is 2.21. The van der Waals surface area contributed by atoms with Crippen molar-refractivity contribution in [3.05, 3.63) is 48.3 Å². The molecular weight excluding hydrogens is 285 g/mol. The summed E-state index contributed by atoms with van der Waals surface area (Å²) in [7, 11) is 0. The molecule has 0 aliphatic rings. The van der Waals surface area contributed by atoms with E-state index in [2.05, 4.69) is 10.4 Å². The van der Waals surface area contributed by atoms with Crippen molar-refractivity contribution in [1.82, 2.24) is 9.78 Å². The molecule has 0 bridgehead atoms. The summed E-state index contributed by atoms with van der Waals surface area (Å²) in [4.78, 5) is 11.5. The molecule has 1 amide bonds. The molecule has 0 aliphatic carbocycles. The standard InChI is InChI=1S/C13H13F3N4O/c14-13(15,16)8-20-7-10(6-18-20)19-11(12(17)21)9-4-2-1-3-5-9/h1-7,11,19H,8H2,(H2,17,21)/t11-/m1/s1. The van der Waals surface area contributed by atoms with Gasteiger partial charge in [0, 0.05) is 6.20 Å². The second-order valence-electron chi connectivity index (χ2n) is 4.43. The predicted octanol–water partition coefficient (Wildman–Crippen LogP) is 2.08. The fourth-order valence-corrected chi connectivity index (χ4v) is 1.84. The summed E-state index contributed by atoms with van der Waals surface area (Å²) >= 11 is 0. The second-order valence-corrected chi connectivity index (χ2v) is 4.43. The van der Waals surface area contributed by atoms with Gasteiger partial charge in [-0.05, 0) is 5.56 Å². The maximum absolute atomic E-state index is 12.3. The zero-order chi connectivity index (χ0) is 15.5. The van der Waals surface area contributed by atoms with Crippen LogP contribution in [0.5, 0.6) is 0 Å². The van der Waals surface area contributed by atoms with Gasteiger partial charge in [-0.2, -0.15) is 18.3 Å². The number of aromatic nitrogens is 2. The van der Waals surface area contributed by atoms with Gasteiger partial charge in [0.25, 0.3) is 0 Å². The molecule has 0 radical (unpaired) electrons. The van der Waals surface area contributed by atoms with Crippen LogP contribution in [0.3, 0.4) is 0 Å². The maximum atomic E-state index is 12.3. The van der Waals surface area contributed by atoms with Crippen molar-refractivity contribution in [1.29, 1.82) is 0 Å². The van der Waals surface area contributed by atoms with E-state index in [1.54, 1.807) is 30.3 Å². The van der Waals surface area contributed by atoms with Crippen molar-refractivity contribution in [3.63, 3.8) is 0 Å². The van der Waals surface area contributed by atoms with E-state index in [0.29, 0.717) is 5.56 Å². The normalized spacial score (nSPS) is 12.9. The van der Waals surface area contributed by atoms with E-state index in [1.807, 2.05) is 0 Å².